The Bertz CT molecular complexity index is 1330. The van der Waals surface area contributed by atoms with Gasteiger partial charge in [0.15, 0.2) is 5.84 Å². The lowest BCUT2D eigenvalue weighted by Crippen LogP contribution is -2.33. The van der Waals surface area contributed by atoms with Gasteiger partial charge >= 0.3 is 0 Å². The smallest absolute Gasteiger partial charge is 0.286 e. The Morgan fingerprint density at radius 2 is 1.93 bits per heavy atom. The first-order valence-electron chi connectivity index (χ1n) is 9.36. The molecular weight excluding hydrogens is 406 g/mol. The van der Waals surface area contributed by atoms with Gasteiger partial charge in [-0.3, -0.25) is 9.36 Å². The van der Waals surface area contributed by atoms with Gasteiger partial charge in [-0.1, -0.05) is 12.1 Å². The van der Waals surface area contributed by atoms with Gasteiger partial charge in [-0.05, 0) is 51.3 Å². The number of para-hydroxylation sites is 1. The highest BCUT2D eigenvalue weighted by Crippen LogP contribution is 2.31. The Morgan fingerprint density at radius 1 is 1.17 bits per heavy atom. The van der Waals surface area contributed by atoms with E-state index in [0.717, 1.165) is 6.54 Å². The summed E-state index contributed by atoms with van der Waals surface area (Å²) in [7, 11) is -0.154. The van der Waals surface area contributed by atoms with Crippen LogP contribution < -0.4 is 10.9 Å². The first-order chi connectivity index (χ1) is 14.3. The lowest BCUT2D eigenvalue weighted by atomic mass is 10.1. The highest BCUT2D eigenvalue weighted by molar-refractivity contribution is 7.90. The van der Waals surface area contributed by atoms with Gasteiger partial charge in [-0.15, -0.1) is 4.40 Å². The van der Waals surface area contributed by atoms with E-state index in [1.54, 1.807) is 36.5 Å². The molecule has 1 aliphatic rings. The number of benzene rings is 1. The van der Waals surface area contributed by atoms with Gasteiger partial charge < -0.3 is 15.3 Å². The summed E-state index contributed by atoms with van der Waals surface area (Å²) < 4.78 is 30.5. The molecule has 0 amide bonds. The normalized spacial score (nSPS) is 15.0. The monoisotopic (exact) mass is 427 g/mol. The molecule has 156 valence electrons. The third-order valence-corrected chi connectivity index (χ3v) is 6.18. The van der Waals surface area contributed by atoms with Crippen LogP contribution in [0.5, 0.6) is 5.75 Å². The van der Waals surface area contributed by atoms with E-state index in [2.05, 4.69) is 14.7 Å². The van der Waals surface area contributed by atoms with Crippen molar-refractivity contribution >= 4 is 32.6 Å². The number of anilines is 1. The van der Waals surface area contributed by atoms with Gasteiger partial charge in [0.2, 0.25) is 0 Å². The van der Waals surface area contributed by atoms with Crippen molar-refractivity contribution in [1.29, 1.82) is 0 Å². The molecule has 9 nitrogen and oxygen atoms in total. The summed E-state index contributed by atoms with van der Waals surface area (Å²) in [5, 5.41) is 14.1. The molecule has 0 aliphatic carbocycles. The number of rotatable bonds is 5. The van der Waals surface area contributed by atoms with Gasteiger partial charge in [0, 0.05) is 12.7 Å². The molecule has 0 radical (unpaired) electrons. The van der Waals surface area contributed by atoms with Crippen molar-refractivity contribution in [3.63, 3.8) is 0 Å². The fourth-order valence-corrected chi connectivity index (χ4v) is 4.58. The summed E-state index contributed by atoms with van der Waals surface area (Å²) >= 11 is 0. The standard InChI is InChI=1S/C20H21N5O4S/c1-24(2)11-6-12-25-19-13(7-5-10-21-19)17(26)16(20(25)27)18-22-14-8-3-4-9-15(14)30(28,29)23-18/h3-5,7-10,26H,6,11-12H2,1-2H3,(H,22,23). The van der Waals surface area contributed by atoms with E-state index in [-0.39, 0.29) is 22.0 Å². The van der Waals surface area contributed by atoms with Gasteiger partial charge in [0.05, 0.1) is 11.1 Å². The van der Waals surface area contributed by atoms with Crippen LogP contribution in [0.25, 0.3) is 11.0 Å². The molecule has 0 bridgehead atoms. The molecule has 10 heteroatoms. The molecule has 2 aromatic heterocycles. The van der Waals surface area contributed by atoms with Crippen LogP contribution >= 0.6 is 0 Å². The molecule has 1 aromatic carbocycles. The maximum Gasteiger partial charge on any atom is 0.286 e. The van der Waals surface area contributed by atoms with Gasteiger partial charge in [-0.25, -0.2) is 4.98 Å². The Morgan fingerprint density at radius 3 is 2.70 bits per heavy atom. The average molecular weight is 427 g/mol. The number of amidine groups is 1. The molecule has 0 saturated heterocycles. The van der Waals surface area contributed by atoms with Crippen molar-refractivity contribution in [3.05, 3.63) is 58.5 Å². The molecule has 3 heterocycles. The average Bonchev–Trinajstić information content (AvgIpc) is 2.70. The number of fused-ring (bicyclic) bond motifs is 2. The molecule has 3 aromatic rings. The van der Waals surface area contributed by atoms with Crippen LogP contribution in [0.1, 0.15) is 12.0 Å². The maximum absolute atomic E-state index is 13.3. The van der Waals surface area contributed by atoms with Crippen LogP contribution in [0.4, 0.5) is 5.69 Å². The van der Waals surface area contributed by atoms with Crippen molar-refractivity contribution in [3.8, 4) is 5.75 Å². The summed E-state index contributed by atoms with van der Waals surface area (Å²) in [6, 6.07) is 9.56. The highest BCUT2D eigenvalue weighted by Gasteiger charge is 2.29. The Labute approximate surface area is 173 Å². The van der Waals surface area contributed by atoms with Crippen molar-refractivity contribution in [2.24, 2.45) is 4.40 Å². The number of pyridine rings is 2. The molecule has 0 atom stereocenters. The lowest BCUT2D eigenvalue weighted by Gasteiger charge is -2.20. The zero-order valence-electron chi connectivity index (χ0n) is 16.5. The second-order valence-corrected chi connectivity index (χ2v) is 8.82. The van der Waals surface area contributed by atoms with E-state index < -0.39 is 15.6 Å². The van der Waals surface area contributed by atoms with Crippen molar-refractivity contribution in [1.82, 2.24) is 14.5 Å². The lowest BCUT2D eigenvalue weighted by molar-refractivity contribution is 0.386. The number of hydrogen-bond acceptors (Lipinski definition) is 7. The minimum Gasteiger partial charge on any atom is -0.506 e. The van der Waals surface area contributed by atoms with E-state index >= 15 is 0 Å². The maximum atomic E-state index is 13.3. The van der Waals surface area contributed by atoms with Gasteiger partial charge in [-0.2, -0.15) is 8.42 Å². The number of sulfonamides is 1. The molecule has 0 fully saturated rings. The zero-order chi connectivity index (χ0) is 21.5. The molecule has 0 spiro atoms. The van der Waals surface area contributed by atoms with E-state index in [9.17, 15) is 18.3 Å². The summed E-state index contributed by atoms with van der Waals surface area (Å²) in [5.74, 6) is -0.559. The number of nitrogens with zero attached hydrogens (tertiary/aromatic N) is 4. The minimum atomic E-state index is -4.02. The SMILES string of the molecule is CN(C)CCCn1c(=O)c(C2=NS(=O)(=O)c3ccccc3N2)c(O)c2cccnc21. The first-order valence-corrected chi connectivity index (χ1v) is 10.8. The third-order valence-electron chi connectivity index (χ3n) is 4.85. The topological polar surface area (TPSA) is 117 Å². The molecule has 2 N–H and O–H groups in total. The van der Waals surface area contributed by atoms with Crippen LogP contribution in [-0.4, -0.2) is 54.5 Å². The van der Waals surface area contributed by atoms with Crippen molar-refractivity contribution < 1.29 is 13.5 Å². The Hall–Kier alpha value is -3.24. The predicted octanol–water partition coefficient (Wildman–Crippen LogP) is 1.61. The van der Waals surface area contributed by atoms with E-state index in [4.69, 9.17) is 0 Å². The number of hydrogen-bond donors (Lipinski definition) is 2. The van der Waals surface area contributed by atoms with Gasteiger partial charge in [0.1, 0.15) is 21.9 Å². The zero-order valence-corrected chi connectivity index (χ0v) is 17.3. The largest absolute Gasteiger partial charge is 0.506 e. The number of aromatic nitrogens is 2. The molecule has 4 rings (SSSR count). The highest BCUT2D eigenvalue weighted by atomic mass is 32.2. The summed E-state index contributed by atoms with van der Waals surface area (Å²) in [5.41, 5.74) is -0.120. The molecule has 0 unspecified atom stereocenters. The van der Waals surface area contributed by atoms with Crippen LogP contribution in [-0.2, 0) is 16.6 Å². The summed E-state index contributed by atoms with van der Waals surface area (Å²) in [4.78, 5) is 19.6. The van der Waals surface area contributed by atoms with Crippen LogP contribution in [0, 0.1) is 0 Å². The summed E-state index contributed by atoms with van der Waals surface area (Å²) in [6.45, 7) is 1.10. The van der Waals surface area contributed by atoms with Gasteiger partial charge in [0.25, 0.3) is 15.6 Å². The molecule has 30 heavy (non-hydrogen) atoms. The summed E-state index contributed by atoms with van der Waals surface area (Å²) in [6.07, 6.45) is 2.21. The van der Waals surface area contributed by atoms with Crippen molar-refractivity contribution in [2.75, 3.05) is 26.0 Å². The Kier molecular flexibility index (Phi) is 5.04. The fraction of sp³-hybridized carbons (Fsp3) is 0.250. The van der Waals surface area contributed by atoms with Crippen molar-refractivity contribution in [2.45, 2.75) is 17.9 Å². The first kappa shape index (κ1) is 20.0. The number of aryl methyl sites for hydroxylation is 1. The molecule has 0 saturated carbocycles. The van der Waals surface area contributed by atoms with E-state index in [1.165, 1.54) is 10.6 Å². The second kappa shape index (κ2) is 7.54. The Balaban J connectivity index is 1.92. The third kappa shape index (κ3) is 3.44. The van der Waals surface area contributed by atoms with Crippen LogP contribution in [0.2, 0.25) is 0 Å². The van der Waals surface area contributed by atoms with Crippen LogP contribution in [0.15, 0.2) is 56.7 Å². The van der Waals surface area contributed by atoms with E-state index in [0.29, 0.717) is 29.7 Å². The fourth-order valence-electron chi connectivity index (χ4n) is 3.45. The molecule has 1 aliphatic heterocycles. The van der Waals surface area contributed by atoms with Crippen LogP contribution in [0.3, 0.4) is 0 Å². The number of nitrogens with one attached hydrogen (secondary N) is 1. The molecular formula is C20H21N5O4S. The number of aromatic hydroxyl groups is 1. The predicted molar refractivity (Wildman–Crippen MR) is 115 cm³/mol. The quantitative estimate of drug-likeness (QED) is 0.635. The van der Waals surface area contributed by atoms with E-state index in [1.807, 2.05) is 19.0 Å². The second-order valence-electron chi connectivity index (χ2n) is 7.25. The minimum absolute atomic E-state index is 0.0157.